The van der Waals surface area contributed by atoms with E-state index in [-0.39, 0.29) is 29.3 Å². The summed E-state index contributed by atoms with van der Waals surface area (Å²) in [4.78, 5) is 24.5. The minimum atomic E-state index is -0.784. The number of aromatic nitrogens is 4. The Labute approximate surface area is 172 Å². The van der Waals surface area contributed by atoms with Gasteiger partial charge in [-0.25, -0.2) is 19.3 Å². The first-order valence-corrected chi connectivity index (χ1v) is 9.75. The molecule has 3 aromatic heterocycles. The number of primary amides is 1. The summed E-state index contributed by atoms with van der Waals surface area (Å²) in [6, 6.07) is 4.47. The maximum atomic E-state index is 14.6. The number of hydrogen-bond donors (Lipinski definition) is 4. The van der Waals surface area contributed by atoms with Crippen LogP contribution in [0.25, 0.3) is 5.82 Å². The predicted octanol–water partition coefficient (Wildman–Crippen LogP) is 2.33. The van der Waals surface area contributed by atoms with Crippen molar-refractivity contribution in [3.63, 3.8) is 0 Å². The minimum absolute atomic E-state index is 0.0350. The summed E-state index contributed by atoms with van der Waals surface area (Å²) in [5.74, 6) is -0.580. The van der Waals surface area contributed by atoms with E-state index in [2.05, 4.69) is 25.6 Å². The molecule has 156 valence electrons. The van der Waals surface area contributed by atoms with Crippen LogP contribution in [0.5, 0.6) is 0 Å². The van der Waals surface area contributed by atoms with Crippen molar-refractivity contribution in [2.75, 3.05) is 10.6 Å². The van der Waals surface area contributed by atoms with Crippen LogP contribution < -0.4 is 22.1 Å². The van der Waals surface area contributed by atoms with E-state index in [0.29, 0.717) is 11.5 Å². The van der Waals surface area contributed by atoms with E-state index in [4.69, 9.17) is 11.5 Å². The third kappa shape index (κ3) is 4.23. The second-order valence-electron chi connectivity index (χ2n) is 7.28. The van der Waals surface area contributed by atoms with E-state index in [1.807, 2.05) is 0 Å². The number of pyridine rings is 2. The van der Waals surface area contributed by atoms with Crippen LogP contribution in [-0.4, -0.2) is 37.5 Å². The molecule has 1 saturated carbocycles. The molecule has 3 heterocycles. The standard InChI is InChI=1S/C20H23FN8O/c21-14-9-13(18(23)30)19(28-20(14)27-16-4-2-1-3-15(16)22)26-12-5-6-17(25-10-12)29-8-7-24-11-29/h5-11,15-16H,1-4,22H2,(H2,23,30)(H2,26,27,28)/t15-,16+/m0/s1. The van der Waals surface area contributed by atoms with E-state index in [0.717, 1.165) is 31.7 Å². The zero-order chi connectivity index (χ0) is 21.1. The van der Waals surface area contributed by atoms with Crippen LogP contribution in [0.2, 0.25) is 0 Å². The smallest absolute Gasteiger partial charge is 0.252 e. The van der Waals surface area contributed by atoms with Gasteiger partial charge in [0.05, 0.1) is 17.4 Å². The molecule has 30 heavy (non-hydrogen) atoms. The van der Waals surface area contributed by atoms with Gasteiger partial charge in [-0.1, -0.05) is 12.8 Å². The fourth-order valence-corrected chi connectivity index (χ4v) is 3.53. The van der Waals surface area contributed by atoms with Gasteiger partial charge in [0.2, 0.25) is 0 Å². The molecule has 1 aliphatic carbocycles. The summed E-state index contributed by atoms with van der Waals surface area (Å²) in [6.07, 6.45) is 10.4. The number of hydrogen-bond acceptors (Lipinski definition) is 7. The molecule has 1 fully saturated rings. The van der Waals surface area contributed by atoms with Gasteiger partial charge in [0, 0.05) is 24.5 Å². The molecule has 1 amide bonds. The van der Waals surface area contributed by atoms with Gasteiger partial charge in [-0.05, 0) is 31.0 Å². The van der Waals surface area contributed by atoms with E-state index in [9.17, 15) is 9.18 Å². The van der Waals surface area contributed by atoms with Crippen molar-refractivity contribution in [1.29, 1.82) is 0 Å². The van der Waals surface area contributed by atoms with Crippen molar-refractivity contribution in [2.24, 2.45) is 11.5 Å². The molecule has 0 aromatic carbocycles. The van der Waals surface area contributed by atoms with Crippen LogP contribution in [0.4, 0.5) is 21.7 Å². The normalized spacial score (nSPS) is 18.7. The van der Waals surface area contributed by atoms with Gasteiger partial charge in [0.15, 0.2) is 11.6 Å². The minimum Gasteiger partial charge on any atom is -0.365 e. The fraction of sp³-hybridized carbons (Fsp3) is 0.300. The molecular formula is C20H23FN8O. The largest absolute Gasteiger partial charge is 0.365 e. The van der Waals surface area contributed by atoms with Crippen LogP contribution in [-0.2, 0) is 0 Å². The van der Waals surface area contributed by atoms with Crippen molar-refractivity contribution < 1.29 is 9.18 Å². The van der Waals surface area contributed by atoms with E-state index in [1.54, 1.807) is 41.6 Å². The number of nitrogens with one attached hydrogen (secondary N) is 2. The Hall–Kier alpha value is -3.53. The van der Waals surface area contributed by atoms with Gasteiger partial charge in [0.25, 0.3) is 5.91 Å². The molecule has 0 saturated heterocycles. The maximum Gasteiger partial charge on any atom is 0.252 e. The van der Waals surface area contributed by atoms with E-state index < -0.39 is 11.7 Å². The monoisotopic (exact) mass is 410 g/mol. The van der Waals surface area contributed by atoms with Crippen LogP contribution in [0.3, 0.4) is 0 Å². The van der Waals surface area contributed by atoms with Crippen molar-refractivity contribution in [3.8, 4) is 5.82 Å². The van der Waals surface area contributed by atoms with Gasteiger partial charge in [0.1, 0.15) is 18.0 Å². The quantitative estimate of drug-likeness (QED) is 0.489. The lowest BCUT2D eigenvalue weighted by Gasteiger charge is -2.30. The Kier molecular flexibility index (Phi) is 5.57. The fourth-order valence-electron chi connectivity index (χ4n) is 3.53. The van der Waals surface area contributed by atoms with Crippen LogP contribution in [0.15, 0.2) is 43.1 Å². The lowest BCUT2D eigenvalue weighted by molar-refractivity contribution is 0.100. The highest BCUT2D eigenvalue weighted by molar-refractivity contribution is 5.98. The molecule has 0 unspecified atom stereocenters. The Morgan fingerprint density at radius 1 is 1.23 bits per heavy atom. The molecule has 0 aliphatic heterocycles. The SMILES string of the molecule is NC(=O)c1cc(F)c(N[C@@H]2CCCC[C@@H]2N)nc1Nc1ccc(-n2ccnc2)nc1. The van der Waals surface area contributed by atoms with Gasteiger partial charge < -0.3 is 22.1 Å². The third-order valence-electron chi connectivity index (χ3n) is 5.16. The second-order valence-corrected chi connectivity index (χ2v) is 7.28. The number of imidazole rings is 1. The molecule has 6 N–H and O–H groups in total. The molecule has 0 bridgehead atoms. The molecule has 10 heteroatoms. The first kappa shape index (κ1) is 19.8. The average Bonchev–Trinajstić information content (AvgIpc) is 3.27. The van der Waals surface area contributed by atoms with Crippen molar-refractivity contribution in [2.45, 2.75) is 37.8 Å². The number of carbonyl (C=O) groups excluding carboxylic acids is 1. The Morgan fingerprint density at radius 3 is 2.73 bits per heavy atom. The number of nitrogens with zero attached hydrogens (tertiary/aromatic N) is 4. The highest BCUT2D eigenvalue weighted by atomic mass is 19.1. The maximum absolute atomic E-state index is 14.6. The molecule has 3 aromatic rings. The summed E-state index contributed by atoms with van der Waals surface area (Å²) >= 11 is 0. The zero-order valence-electron chi connectivity index (χ0n) is 16.3. The number of halogens is 1. The highest BCUT2D eigenvalue weighted by Crippen LogP contribution is 2.26. The summed E-state index contributed by atoms with van der Waals surface area (Å²) in [7, 11) is 0. The Bertz CT molecular complexity index is 1020. The number of carbonyl (C=O) groups is 1. The summed E-state index contributed by atoms with van der Waals surface area (Å²) in [6.45, 7) is 0. The zero-order valence-corrected chi connectivity index (χ0v) is 16.3. The van der Waals surface area contributed by atoms with E-state index >= 15 is 0 Å². The summed E-state index contributed by atoms with van der Waals surface area (Å²) < 4.78 is 16.4. The lowest BCUT2D eigenvalue weighted by atomic mass is 9.91. The average molecular weight is 410 g/mol. The molecule has 9 nitrogen and oxygen atoms in total. The lowest BCUT2D eigenvalue weighted by Crippen LogP contribution is -2.43. The molecule has 1 aliphatic rings. The topological polar surface area (TPSA) is 137 Å². The Morgan fingerprint density at radius 2 is 2.07 bits per heavy atom. The van der Waals surface area contributed by atoms with Crippen LogP contribution in [0.1, 0.15) is 36.0 Å². The molecule has 2 atom stereocenters. The first-order valence-electron chi connectivity index (χ1n) is 9.75. The second kappa shape index (κ2) is 8.46. The van der Waals surface area contributed by atoms with Gasteiger partial charge in [-0.15, -0.1) is 0 Å². The molecule has 0 spiro atoms. The first-order chi connectivity index (χ1) is 14.5. The highest BCUT2D eigenvalue weighted by Gasteiger charge is 2.24. The predicted molar refractivity (Wildman–Crippen MR) is 111 cm³/mol. The van der Waals surface area contributed by atoms with E-state index in [1.165, 1.54) is 0 Å². The van der Waals surface area contributed by atoms with Crippen LogP contribution in [0, 0.1) is 5.82 Å². The number of anilines is 3. The molecule has 4 rings (SSSR count). The Balaban J connectivity index is 1.60. The van der Waals surface area contributed by atoms with Crippen molar-refractivity contribution in [3.05, 3.63) is 54.5 Å². The number of nitrogens with two attached hydrogens (primary N) is 2. The van der Waals surface area contributed by atoms with Crippen LogP contribution >= 0.6 is 0 Å². The number of amides is 1. The number of rotatable bonds is 6. The van der Waals surface area contributed by atoms with Gasteiger partial charge in [-0.2, -0.15) is 0 Å². The molecule has 0 radical (unpaired) electrons. The van der Waals surface area contributed by atoms with Gasteiger partial charge in [-0.3, -0.25) is 9.36 Å². The van der Waals surface area contributed by atoms with Crippen molar-refractivity contribution >= 4 is 23.2 Å². The molecular weight excluding hydrogens is 387 g/mol. The van der Waals surface area contributed by atoms with Crippen molar-refractivity contribution in [1.82, 2.24) is 19.5 Å². The third-order valence-corrected chi connectivity index (χ3v) is 5.16. The summed E-state index contributed by atoms with van der Waals surface area (Å²) in [5, 5.41) is 6.09. The van der Waals surface area contributed by atoms with Gasteiger partial charge >= 0.3 is 0 Å². The summed E-state index contributed by atoms with van der Waals surface area (Å²) in [5.41, 5.74) is 12.1.